The van der Waals surface area contributed by atoms with Gasteiger partial charge in [-0.1, -0.05) is 24.1 Å². The first-order valence-electron chi connectivity index (χ1n) is 25.8. The molecule has 2 aliphatic carbocycles. The van der Waals surface area contributed by atoms with Crippen LogP contribution in [-0.4, -0.2) is 132 Å². The molecule has 3 atom stereocenters. The quantitative estimate of drug-likeness (QED) is 0.0397. The number of aromatic nitrogens is 3. The zero-order valence-electron chi connectivity index (χ0n) is 41.4. The Kier molecular flexibility index (Phi) is 12.8. The fraction of sp³-hybridized carbons (Fsp3) is 0.482. The second kappa shape index (κ2) is 19.3. The minimum Gasteiger partial charge on any atom is -0.508 e. The maximum atomic E-state index is 17.1. The molecule has 6 fully saturated rings. The van der Waals surface area contributed by atoms with E-state index in [1.807, 2.05) is 17.0 Å². The molecule has 3 aromatic carbocycles. The van der Waals surface area contributed by atoms with Gasteiger partial charge < -0.3 is 50.7 Å². The van der Waals surface area contributed by atoms with Gasteiger partial charge in [-0.25, -0.2) is 8.78 Å². The maximum absolute atomic E-state index is 17.1. The third-order valence-corrected chi connectivity index (χ3v) is 16.8. The molecule has 2 amide bonds. The Labute approximate surface area is 423 Å². The predicted molar refractivity (Wildman–Crippen MR) is 275 cm³/mol. The lowest BCUT2D eigenvalue weighted by molar-refractivity contribution is -0.156. The van der Waals surface area contributed by atoms with E-state index >= 15 is 8.78 Å². The Morgan fingerprint density at radius 3 is 2.48 bits per heavy atom. The first-order valence-corrected chi connectivity index (χ1v) is 25.8. The lowest BCUT2D eigenvalue weighted by Crippen LogP contribution is -2.65. The minimum absolute atomic E-state index is 0.0224. The van der Waals surface area contributed by atoms with Crippen LogP contribution >= 0.6 is 0 Å². The summed E-state index contributed by atoms with van der Waals surface area (Å²) >= 11 is 0. The molecular weight excluding hydrogens is 931 g/mol. The van der Waals surface area contributed by atoms with Crippen molar-refractivity contribution < 1.29 is 33.0 Å². The van der Waals surface area contributed by atoms with E-state index in [1.165, 1.54) is 24.3 Å². The van der Waals surface area contributed by atoms with Crippen molar-refractivity contribution in [3.8, 4) is 35.4 Å². The van der Waals surface area contributed by atoms with E-state index in [-0.39, 0.29) is 105 Å². The number of anilines is 2. The maximum Gasteiger partial charge on any atom is 0.319 e. The van der Waals surface area contributed by atoms with Gasteiger partial charge in [-0.05, 0) is 104 Å². The van der Waals surface area contributed by atoms with Gasteiger partial charge in [-0.3, -0.25) is 14.6 Å². The second-order valence-corrected chi connectivity index (χ2v) is 21.8. The van der Waals surface area contributed by atoms with Crippen LogP contribution in [0.5, 0.6) is 11.8 Å². The molecule has 15 nitrogen and oxygen atoms in total. The number of phenols is 1. The van der Waals surface area contributed by atoms with Gasteiger partial charge >= 0.3 is 6.01 Å². The molecule has 4 saturated heterocycles. The lowest BCUT2D eigenvalue weighted by atomic mass is 9.57. The lowest BCUT2D eigenvalue weighted by Gasteiger charge is -2.60. The molecule has 4 aliphatic heterocycles. The number of terminal acetylenes is 1. The summed E-state index contributed by atoms with van der Waals surface area (Å²) < 4.78 is 38.7. The SMILES string of the molecule is C#Cc1c(F)ccc2cc(O)cc(-c3ncc4c(N5CC6CCC(C5)N6)nc(OCC5(CN6CC7(CC(C(=O)N8CCC(c9ccc(C(=N)C(C=O)CCC(=O)NC)c(NC)c9)CC8)C7)C6)CC5)nc4c3F)c12. The minimum atomic E-state index is -0.745. The number of nitrogens with zero attached hydrogens (tertiary/aromatic N) is 6. The van der Waals surface area contributed by atoms with Crippen molar-refractivity contribution in [3.05, 3.63) is 77.0 Å². The fourth-order valence-corrected chi connectivity index (χ4v) is 12.7. The van der Waals surface area contributed by atoms with Crippen LogP contribution in [0, 0.1) is 52.1 Å². The van der Waals surface area contributed by atoms with Crippen molar-refractivity contribution >= 4 is 57.0 Å². The smallest absolute Gasteiger partial charge is 0.319 e. The Morgan fingerprint density at radius 1 is 1.04 bits per heavy atom. The van der Waals surface area contributed by atoms with Gasteiger partial charge in [0.1, 0.15) is 34.9 Å². The van der Waals surface area contributed by atoms with Gasteiger partial charge in [0.15, 0.2) is 5.82 Å². The average Bonchev–Trinajstić information content (AvgIpc) is 4.07. The van der Waals surface area contributed by atoms with Gasteiger partial charge in [0.2, 0.25) is 11.8 Å². The van der Waals surface area contributed by atoms with Crippen LogP contribution in [0.4, 0.5) is 20.3 Å². The number of rotatable bonds is 16. The van der Waals surface area contributed by atoms with Gasteiger partial charge in [-0.2, -0.15) is 9.97 Å². The summed E-state index contributed by atoms with van der Waals surface area (Å²) in [5.41, 5.74) is 2.86. The molecule has 6 aliphatic rings. The third kappa shape index (κ3) is 9.21. The van der Waals surface area contributed by atoms with E-state index in [2.05, 4.69) is 42.7 Å². The third-order valence-electron chi connectivity index (χ3n) is 16.8. The zero-order valence-corrected chi connectivity index (χ0v) is 41.4. The van der Waals surface area contributed by atoms with Crippen LogP contribution in [0.3, 0.4) is 0 Å². The molecule has 5 N–H and O–H groups in total. The first-order chi connectivity index (χ1) is 35.3. The number of carbonyl (C=O) groups excluding carboxylic acids is 3. The standard InChI is InChI=1S/C56H62F2N10O5/c1-4-40-44(57)11-6-34-19-39(70)21-42(47(34)40)50-48(58)51-43(24-62-50)52(68-25-37-8-9-38(26-68)63-37)65-54(64-51)73-31-55(15-16-55)28-66-29-56(30-66)22-36(23-56)53(72)67-17-13-32(14-18-67)33-5-10-41(45(20-33)60-2)49(59)35(27-69)7-12-46(71)61-3/h1,5-6,10-11,19-21,24,27,32,35-38,59-60,63,70H,7-9,12-18,22-23,25-26,28-31H2,2-3H3,(H,61,71). The fourth-order valence-electron chi connectivity index (χ4n) is 12.7. The molecule has 17 heteroatoms. The number of benzene rings is 3. The van der Waals surface area contributed by atoms with Crippen LogP contribution in [0.15, 0.2) is 48.7 Å². The number of nitrogens with one attached hydrogen (secondary N) is 4. The summed E-state index contributed by atoms with van der Waals surface area (Å²) in [6, 6.07) is 12.2. The molecule has 380 valence electrons. The van der Waals surface area contributed by atoms with E-state index in [0.29, 0.717) is 54.9 Å². The molecule has 5 aromatic rings. The molecule has 73 heavy (non-hydrogen) atoms. The van der Waals surface area contributed by atoms with E-state index in [9.17, 15) is 19.5 Å². The van der Waals surface area contributed by atoms with Crippen molar-refractivity contribution in [2.24, 2.45) is 22.7 Å². The van der Waals surface area contributed by atoms with Gasteiger partial charge in [-0.15, -0.1) is 6.42 Å². The molecule has 2 saturated carbocycles. The number of halogens is 2. The van der Waals surface area contributed by atoms with Crippen molar-refractivity contribution in [1.29, 1.82) is 5.41 Å². The van der Waals surface area contributed by atoms with Gasteiger partial charge in [0.25, 0.3) is 0 Å². The zero-order chi connectivity index (χ0) is 50.8. The number of carbonyl (C=O) groups is 3. The molecule has 2 aromatic heterocycles. The first kappa shape index (κ1) is 48.5. The highest BCUT2D eigenvalue weighted by molar-refractivity contribution is 6.10. The topological polar surface area (TPSA) is 189 Å². The Bertz CT molecular complexity index is 3070. The van der Waals surface area contributed by atoms with Crippen LogP contribution in [0.2, 0.25) is 0 Å². The second-order valence-electron chi connectivity index (χ2n) is 21.8. The average molecular weight is 993 g/mol. The largest absolute Gasteiger partial charge is 0.508 e. The number of hydrogen-bond donors (Lipinski definition) is 5. The number of amides is 2. The number of aldehydes is 1. The summed E-state index contributed by atoms with van der Waals surface area (Å²) in [4.78, 5) is 58.4. The number of ether oxygens (including phenoxy) is 1. The number of piperidine rings is 1. The van der Waals surface area contributed by atoms with E-state index in [0.717, 1.165) is 88.5 Å². The molecule has 2 bridgehead atoms. The predicted octanol–water partition coefficient (Wildman–Crippen LogP) is 6.78. The summed E-state index contributed by atoms with van der Waals surface area (Å²) in [7, 11) is 3.36. The van der Waals surface area contributed by atoms with Crippen molar-refractivity contribution in [1.82, 2.24) is 35.4 Å². The highest BCUT2D eigenvalue weighted by atomic mass is 19.1. The summed E-state index contributed by atoms with van der Waals surface area (Å²) in [6.07, 6.45) is 16.1. The van der Waals surface area contributed by atoms with Crippen LogP contribution in [0.1, 0.15) is 86.8 Å². The molecule has 0 radical (unpaired) electrons. The normalized spacial score (nSPS) is 21.6. The number of piperazine rings is 1. The molecule has 11 rings (SSSR count). The van der Waals surface area contributed by atoms with Crippen molar-refractivity contribution in [3.63, 3.8) is 0 Å². The number of pyridine rings is 1. The van der Waals surface area contributed by atoms with Crippen molar-refractivity contribution in [2.75, 3.05) is 76.7 Å². The number of phenolic OH excluding ortho intramolecular Hbond substituents is 1. The van der Waals surface area contributed by atoms with E-state index in [1.54, 1.807) is 20.3 Å². The number of fused-ring (bicyclic) bond motifs is 4. The highest BCUT2D eigenvalue weighted by Gasteiger charge is 2.57. The monoisotopic (exact) mass is 992 g/mol. The molecule has 1 spiro atoms. The van der Waals surface area contributed by atoms with Crippen LogP contribution in [-0.2, 0) is 14.4 Å². The van der Waals surface area contributed by atoms with Gasteiger partial charge in [0.05, 0.1) is 29.2 Å². The van der Waals surface area contributed by atoms with E-state index < -0.39 is 17.6 Å². The number of likely N-dealkylation sites (tertiary alicyclic amines) is 2. The molecule has 6 heterocycles. The summed E-state index contributed by atoms with van der Waals surface area (Å²) in [6.45, 7) is 5.91. The number of aromatic hydroxyl groups is 1. The highest BCUT2D eigenvalue weighted by Crippen LogP contribution is 2.55. The van der Waals surface area contributed by atoms with Gasteiger partial charge in [0, 0.05) is 118 Å². The van der Waals surface area contributed by atoms with Crippen LogP contribution < -0.4 is 25.6 Å². The van der Waals surface area contributed by atoms with Crippen molar-refractivity contribution in [2.45, 2.75) is 82.2 Å². The number of hydrogen-bond acceptors (Lipinski definition) is 13. The Balaban J connectivity index is 0.714. The van der Waals surface area contributed by atoms with E-state index in [4.69, 9.17) is 26.5 Å². The Morgan fingerprint density at radius 2 is 1.79 bits per heavy atom. The summed E-state index contributed by atoms with van der Waals surface area (Å²) in [5, 5.41) is 30.1. The summed E-state index contributed by atoms with van der Waals surface area (Å²) in [5.74, 6) is 1.18. The van der Waals surface area contributed by atoms with Crippen LogP contribution in [0.25, 0.3) is 32.9 Å². The Hall–Kier alpha value is -6.77. The molecular formula is C56H62F2N10O5. The molecule has 3 unspecified atom stereocenters.